The first-order valence-electron chi connectivity index (χ1n) is 9.07. The van der Waals surface area contributed by atoms with Gasteiger partial charge in [-0.3, -0.25) is 14.0 Å². The number of nitrogens with one attached hydrogen (secondary N) is 1. The van der Waals surface area contributed by atoms with E-state index < -0.39 is 16.1 Å². The third-order valence-corrected chi connectivity index (χ3v) is 5.78. The van der Waals surface area contributed by atoms with Crippen LogP contribution in [0.5, 0.6) is 11.5 Å². The van der Waals surface area contributed by atoms with Crippen molar-refractivity contribution in [1.82, 2.24) is 10.2 Å². The topological polar surface area (TPSA) is 97.4 Å². The van der Waals surface area contributed by atoms with E-state index in [1.165, 1.54) is 20.3 Å². The lowest BCUT2D eigenvalue weighted by atomic mass is 10.2. The van der Waals surface area contributed by atoms with Crippen LogP contribution in [0.4, 0.5) is 5.69 Å². The van der Waals surface area contributed by atoms with Gasteiger partial charge in [0.05, 0.1) is 39.4 Å². The van der Waals surface area contributed by atoms with Gasteiger partial charge in [-0.2, -0.15) is 0 Å². The van der Waals surface area contributed by atoms with Gasteiger partial charge in [-0.05, 0) is 19.1 Å². The van der Waals surface area contributed by atoms with Crippen molar-refractivity contribution in [3.05, 3.63) is 18.2 Å². The highest BCUT2D eigenvalue weighted by molar-refractivity contribution is 7.92. The fraction of sp³-hybridized carbons (Fsp3) is 0.611. The monoisotopic (exact) mass is 415 g/mol. The van der Waals surface area contributed by atoms with Crippen LogP contribution in [0.25, 0.3) is 0 Å². The second-order valence-corrected chi connectivity index (χ2v) is 8.38. The van der Waals surface area contributed by atoms with Crippen LogP contribution in [0.2, 0.25) is 0 Å². The van der Waals surface area contributed by atoms with E-state index in [9.17, 15) is 13.2 Å². The maximum Gasteiger partial charge on any atom is 0.243 e. The third kappa shape index (κ3) is 5.73. The molecule has 1 aliphatic heterocycles. The summed E-state index contributed by atoms with van der Waals surface area (Å²) in [5, 5.41) is 2.82. The van der Waals surface area contributed by atoms with Crippen molar-refractivity contribution in [2.24, 2.45) is 0 Å². The minimum absolute atomic E-state index is 0.330. The second kappa shape index (κ2) is 9.94. The Morgan fingerprint density at radius 3 is 2.46 bits per heavy atom. The number of ether oxygens (including phenoxy) is 3. The predicted octanol–water partition coefficient (Wildman–Crippen LogP) is 0.307. The number of rotatable bonds is 9. The molecule has 0 spiro atoms. The van der Waals surface area contributed by atoms with Crippen LogP contribution >= 0.6 is 0 Å². The standard InChI is InChI=1S/C18H29N3O6S/c1-14(18(22)19-7-8-20-9-11-27-12-10-20)21(28(4,23)24)15-5-6-16(25-2)17(13-15)26-3/h5-6,13-14H,7-12H2,1-4H3,(H,19,22)/t14-/m0/s1. The maximum atomic E-state index is 12.6. The van der Waals surface area contributed by atoms with E-state index in [0.717, 1.165) is 23.7 Å². The lowest BCUT2D eigenvalue weighted by molar-refractivity contribution is -0.121. The summed E-state index contributed by atoms with van der Waals surface area (Å²) < 4.78 is 41.6. The molecular weight excluding hydrogens is 386 g/mol. The fourth-order valence-electron chi connectivity index (χ4n) is 3.08. The van der Waals surface area contributed by atoms with Gasteiger partial charge in [-0.1, -0.05) is 0 Å². The van der Waals surface area contributed by atoms with E-state index in [4.69, 9.17) is 14.2 Å². The van der Waals surface area contributed by atoms with Gasteiger partial charge in [0, 0.05) is 32.2 Å². The highest BCUT2D eigenvalue weighted by atomic mass is 32.2. The second-order valence-electron chi connectivity index (χ2n) is 6.52. The van der Waals surface area contributed by atoms with Crippen molar-refractivity contribution in [3.63, 3.8) is 0 Å². The summed E-state index contributed by atoms with van der Waals surface area (Å²) in [6.07, 6.45) is 1.07. The van der Waals surface area contributed by atoms with Crippen molar-refractivity contribution in [2.75, 3.05) is 64.2 Å². The molecule has 1 N–H and O–H groups in total. The lowest BCUT2D eigenvalue weighted by Crippen LogP contribution is -2.49. The van der Waals surface area contributed by atoms with Crippen molar-refractivity contribution >= 4 is 21.6 Å². The van der Waals surface area contributed by atoms with Crippen molar-refractivity contribution in [2.45, 2.75) is 13.0 Å². The first-order chi connectivity index (χ1) is 13.3. The summed E-state index contributed by atoms with van der Waals surface area (Å²) >= 11 is 0. The Labute approximate surface area is 166 Å². The molecule has 1 atom stereocenters. The molecule has 0 aromatic heterocycles. The molecular formula is C18H29N3O6S. The summed E-state index contributed by atoms with van der Waals surface area (Å²) in [7, 11) is -0.740. The Bertz CT molecular complexity index is 765. The molecule has 1 aromatic carbocycles. The molecule has 0 aliphatic carbocycles. The van der Waals surface area contributed by atoms with Gasteiger partial charge < -0.3 is 19.5 Å². The molecule has 10 heteroatoms. The summed E-state index contributed by atoms with van der Waals surface area (Å²) in [6, 6.07) is 3.81. The first kappa shape index (κ1) is 22.3. The zero-order valence-corrected chi connectivity index (χ0v) is 17.6. The smallest absolute Gasteiger partial charge is 0.243 e. The van der Waals surface area contributed by atoms with Gasteiger partial charge in [0.25, 0.3) is 0 Å². The molecule has 1 aromatic rings. The number of morpholine rings is 1. The molecule has 28 heavy (non-hydrogen) atoms. The summed E-state index contributed by atoms with van der Waals surface area (Å²) in [6.45, 7) is 5.71. The number of carbonyl (C=O) groups excluding carboxylic acids is 1. The Hall–Kier alpha value is -2.04. The van der Waals surface area contributed by atoms with Gasteiger partial charge in [0.15, 0.2) is 11.5 Å². The highest BCUT2D eigenvalue weighted by Crippen LogP contribution is 2.33. The van der Waals surface area contributed by atoms with E-state index in [1.54, 1.807) is 19.1 Å². The lowest BCUT2D eigenvalue weighted by Gasteiger charge is -2.30. The number of methoxy groups -OCH3 is 2. The summed E-state index contributed by atoms with van der Waals surface area (Å²) in [5.41, 5.74) is 0.330. The average molecular weight is 416 g/mol. The van der Waals surface area contributed by atoms with Crippen LogP contribution in [0.3, 0.4) is 0 Å². The predicted molar refractivity (Wildman–Crippen MR) is 107 cm³/mol. The van der Waals surface area contributed by atoms with E-state index in [-0.39, 0.29) is 5.91 Å². The van der Waals surface area contributed by atoms with Crippen LogP contribution < -0.4 is 19.1 Å². The Balaban J connectivity index is 2.10. The minimum Gasteiger partial charge on any atom is -0.493 e. The molecule has 158 valence electrons. The molecule has 1 heterocycles. The van der Waals surface area contributed by atoms with E-state index in [0.29, 0.717) is 43.5 Å². The Kier molecular flexibility index (Phi) is 7.90. The normalized spacial score (nSPS) is 16.3. The molecule has 0 bridgehead atoms. The number of hydrogen-bond acceptors (Lipinski definition) is 7. The van der Waals surface area contributed by atoms with Crippen molar-refractivity contribution < 1.29 is 27.4 Å². The van der Waals surface area contributed by atoms with Crippen molar-refractivity contribution in [1.29, 1.82) is 0 Å². The average Bonchev–Trinajstić information content (AvgIpc) is 2.67. The van der Waals surface area contributed by atoms with Crippen LogP contribution in [-0.4, -0.2) is 85.1 Å². The Morgan fingerprint density at radius 1 is 1.25 bits per heavy atom. The largest absolute Gasteiger partial charge is 0.493 e. The summed E-state index contributed by atoms with van der Waals surface area (Å²) in [4.78, 5) is 14.8. The zero-order chi connectivity index (χ0) is 20.7. The zero-order valence-electron chi connectivity index (χ0n) is 16.8. The number of sulfonamides is 1. The van der Waals surface area contributed by atoms with Crippen LogP contribution in [0.1, 0.15) is 6.92 Å². The van der Waals surface area contributed by atoms with E-state index >= 15 is 0 Å². The number of anilines is 1. The van der Waals surface area contributed by atoms with Gasteiger partial charge in [-0.25, -0.2) is 8.42 Å². The van der Waals surface area contributed by atoms with Gasteiger partial charge in [-0.15, -0.1) is 0 Å². The molecule has 0 unspecified atom stereocenters. The molecule has 9 nitrogen and oxygen atoms in total. The molecule has 0 radical (unpaired) electrons. The third-order valence-electron chi connectivity index (χ3n) is 4.54. The summed E-state index contributed by atoms with van der Waals surface area (Å²) in [5.74, 6) is 0.490. The van der Waals surface area contributed by atoms with Gasteiger partial charge in [0.2, 0.25) is 15.9 Å². The highest BCUT2D eigenvalue weighted by Gasteiger charge is 2.29. The molecule has 1 saturated heterocycles. The fourth-order valence-corrected chi connectivity index (χ4v) is 4.25. The number of hydrogen-bond donors (Lipinski definition) is 1. The van der Waals surface area contributed by atoms with Crippen LogP contribution in [0, 0.1) is 0 Å². The maximum absolute atomic E-state index is 12.6. The van der Waals surface area contributed by atoms with Crippen molar-refractivity contribution in [3.8, 4) is 11.5 Å². The number of nitrogens with zero attached hydrogens (tertiary/aromatic N) is 2. The molecule has 1 fully saturated rings. The number of carbonyl (C=O) groups is 1. The molecule has 2 rings (SSSR count). The first-order valence-corrected chi connectivity index (χ1v) is 10.9. The SMILES string of the molecule is COc1ccc(N([C@@H](C)C(=O)NCCN2CCOCC2)S(C)(=O)=O)cc1OC. The van der Waals surface area contributed by atoms with Crippen LogP contribution in [0.15, 0.2) is 18.2 Å². The van der Waals surface area contributed by atoms with E-state index in [2.05, 4.69) is 10.2 Å². The van der Waals surface area contributed by atoms with Crippen LogP contribution in [-0.2, 0) is 19.6 Å². The number of benzene rings is 1. The van der Waals surface area contributed by atoms with Gasteiger partial charge in [0.1, 0.15) is 6.04 Å². The van der Waals surface area contributed by atoms with Gasteiger partial charge >= 0.3 is 0 Å². The molecule has 1 aliphatic rings. The number of amides is 1. The molecule has 0 saturated carbocycles. The van der Waals surface area contributed by atoms with E-state index in [1.807, 2.05) is 0 Å². The quantitative estimate of drug-likeness (QED) is 0.620. The Morgan fingerprint density at radius 2 is 1.89 bits per heavy atom. The molecule has 1 amide bonds. The minimum atomic E-state index is -3.70.